The van der Waals surface area contributed by atoms with Gasteiger partial charge in [0.15, 0.2) is 0 Å². The number of allylic oxidation sites excluding steroid dienone is 2. The Morgan fingerprint density at radius 2 is 1.72 bits per heavy atom. The molecule has 1 spiro atoms. The number of hydrogen-bond acceptors (Lipinski definition) is 4. The van der Waals surface area contributed by atoms with Crippen molar-refractivity contribution in [3.63, 3.8) is 0 Å². The number of nitrogens with zero attached hydrogens (tertiary/aromatic N) is 3. The van der Waals surface area contributed by atoms with Gasteiger partial charge >= 0.3 is 0 Å². The molecule has 3 heterocycles. The Morgan fingerprint density at radius 3 is 2.44 bits per heavy atom. The average Bonchev–Trinajstić information content (AvgIpc) is 3.62. The second-order valence-corrected chi connectivity index (χ2v) is 11.5. The monoisotopic (exact) mass is 515 g/mol. The zero-order valence-corrected chi connectivity index (χ0v) is 21.7. The molecule has 2 aromatic carbocycles. The van der Waals surface area contributed by atoms with E-state index in [1.165, 1.54) is 22.0 Å². The van der Waals surface area contributed by atoms with Crippen LogP contribution >= 0.6 is 23.2 Å². The molecule has 182 valence electrons. The van der Waals surface area contributed by atoms with Crippen LogP contribution in [0.4, 0.5) is 5.69 Å². The summed E-state index contributed by atoms with van der Waals surface area (Å²) in [7, 11) is 0. The van der Waals surface area contributed by atoms with E-state index in [1.54, 1.807) is 0 Å². The van der Waals surface area contributed by atoms with Gasteiger partial charge in [-0.2, -0.15) is 0 Å². The Bertz CT molecular complexity index is 1510. The summed E-state index contributed by atoms with van der Waals surface area (Å²) in [5.74, 6) is 1.48. The Labute approximate surface area is 220 Å². The summed E-state index contributed by atoms with van der Waals surface area (Å²) in [6.45, 7) is 4.14. The van der Waals surface area contributed by atoms with Gasteiger partial charge in [0.1, 0.15) is 11.5 Å². The van der Waals surface area contributed by atoms with Crippen LogP contribution in [0.15, 0.2) is 59.3 Å². The quantitative estimate of drug-likeness (QED) is 0.273. The normalized spacial score (nSPS) is 19.0. The van der Waals surface area contributed by atoms with Crippen LogP contribution in [0.5, 0.6) is 0 Å². The lowest BCUT2D eigenvalue weighted by Crippen LogP contribution is -2.42. The molecule has 0 N–H and O–H groups in total. The van der Waals surface area contributed by atoms with E-state index < -0.39 is 0 Å². The first-order valence-electron chi connectivity index (χ1n) is 12.8. The van der Waals surface area contributed by atoms with Gasteiger partial charge in [-0.05, 0) is 85.7 Å². The summed E-state index contributed by atoms with van der Waals surface area (Å²) in [6.07, 6.45) is 10.1. The highest BCUT2D eigenvalue weighted by Crippen LogP contribution is 2.56. The number of anilines is 1. The Kier molecular flexibility index (Phi) is 5.20. The molecule has 2 aromatic heterocycles. The third-order valence-corrected chi connectivity index (χ3v) is 8.81. The lowest BCUT2D eigenvalue weighted by Gasteiger charge is -2.47. The fourth-order valence-corrected chi connectivity index (χ4v) is 6.56. The van der Waals surface area contributed by atoms with Crippen molar-refractivity contribution in [2.24, 2.45) is 5.41 Å². The van der Waals surface area contributed by atoms with Crippen molar-refractivity contribution in [1.29, 1.82) is 0 Å². The molecule has 1 saturated carbocycles. The number of pyridine rings is 1. The van der Waals surface area contributed by atoms with Crippen LogP contribution in [0.2, 0.25) is 10.0 Å². The lowest BCUT2D eigenvalue weighted by molar-refractivity contribution is 0.277. The first kappa shape index (κ1) is 22.4. The van der Waals surface area contributed by atoms with Crippen molar-refractivity contribution in [3.8, 4) is 11.3 Å². The van der Waals surface area contributed by atoms with Gasteiger partial charge < -0.3 is 9.42 Å². The average molecular weight is 516 g/mol. The maximum absolute atomic E-state index is 6.57. The number of halogens is 2. The van der Waals surface area contributed by atoms with Crippen molar-refractivity contribution in [3.05, 3.63) is 81.8 Å². The number of fused-ring (bicyclic) bond motifs is 1. The molecule has 6 heteroatoms. The van der Waals surface area contributed by atoms with Crippen molar-refractivity contribution >= 4 is 45.2 Å². The molecule has 0 atom stereocenters. The van der Waals surface area contributed by atoms with Gasteiger partial charge in [0.05, 0.1) is 10.0 Å². The third kappa shape index (κ3) is 3.74. The van der Waals surface area contributed by atoms with Gasteiger partial charge in [-0.1, -0.05) is 46.6 Å². The van der Waals surface area contributed by atoms with E-state index in [4.69, 9.17) is 27.7 Å². The summed E-state index contributed by atoms with van der Waals surface area (Å²) in [6, 6.07) is 14.5. The fraction of sp³-hybridized carbons (Fsp3) is 0.333. The van der Waals surface area contributed by atoms with E-state index in [1.807, 2.05) is 31.3 Å². The van der Waals surface area contributed by atoms with Crippen LogP contribution in [0.3, 0.4) is 0 Å². The van der Waals surface area contributed by atoms with Gasteiger partial charge in [0, 0.05) is 53.1 Å². The summed E-state index contributed by atoms with van der Waals surface area (Å²) < 4.78 is 5.91. The standard InChI is InChI=1S/C30H27Cl2N3O/c1-18-13-20-7-8-23(14-21(20)17-33-18)35-11-9-30(10-12-35)15-22(16-30)26-28(34-36-29(26)19-5-6-19)27-24(31)3-2-4-25(27)32/h2-4,7-8,13-15,17,19H,5-6,9-12,16H2,1H3. The summed E-state index contributed by atoms with van der Waals surface area (Å²) in [5, 5.41) is 8.17. The van der Waals surface area contributed by atoms with Gasteiger partial charge in [-0.25, -0.2) is 0 Å². The first-order valence-corrected chi connectivity index (χ1v) is 13.5. The van der Waals surface area contributed by atoms with Gasteiger partial charge in [0.25, 0.3) is 0 Å². The Morgan fingerprint density at radius 1 is 0.972 bits per heavy atom. The molecule has 7 rings (SSSR count). The molecular weight excluding hydrogens is 489 g/mol. The van der Waals surface area contributed by atoms with Crippen molar-refractivity contribution < 1.29 is 4.52 Å². The first-order chi connectivity index (χ1) is 17.5. The maximum Gasteiger partial charge on any atom is 0.147 e. The Hall–Kier alpha value is -2.82. The predicted molar refractivity (Wildman–Crippen MR) is 147 cm³/mol. The van der Waals surface area contributed by atoms with E-state index in [0.29, 0.717) is 16.0 Å². The molecule has 4 nitrogen and oxygen atoms in total. The van der Waals surface area contributed by atoms with Crippen LogP contribution in [-0.2, 0) is 0 Å². The number of piperidine rings is 1. The molecule has 0 bridgehead atoms. The summed E-state index contributed by atoms with van der Waals surface area (Å²) >= 11 is 13.1. The SMILES string of the molecule is Cc1cc2ccc(N3CCC4(C=C(c5c(-c6c(Cl)cccc6Cl)noc5C5CC5)C4)CC3)cc2cn1. The number of aromatic nitrogens is 2. The molecule has 1 aliphatic heterocycles. The topological polar surface area (TPSA) is 42.2 Å². The smallest absolute Gasteiger partial charge is 0.147 e. The molecule has 0 amide bonds. The van der Waals surface area contributed by atoms with Crippen LogP contribution in [0, 0.1) is 12.3 Å². The molecule has 0 unspecified atom stereocenters. The van der Waals surface area contributed by atoms with E-state index in [0.717, 1.165) is 73.5 Å². The minimum Gasteiger partial charge on any atom is -0.371 e. The van der Waals surface area contributed by atoms with Gasteiger partial charge in [-0.3, -0.25) is 4.98 Å². The highest BCUT2D eigenvalue weighted by molar-refractivity contribution is 6.39. The van der Waals surface area contributed by atoms with Crippen molar-refractivity contribution in [2.75, 3.05) is 18.0 Å². The molecule has 2 fully saturated rings. The van der Waals surface area contributed by atoms with Crippen LogP contribution < -0.4 is 4.90 Å². The maximum atomic E-state index is 6.57. The fourth-order valence-electron chi connectivity index (χ4n) is 5.98. The van der Waals surface area contributed by atoms with Crippen LogP contribution in [0.1, 0.15) is 55.0 Å². The molecule has 3 aliphatic rings. The lowest BCUT2D eigenvalue weighted by atomic mass is 9.63. The largest absolute Gasteiger partial charge is 0.371 e. The summed E-state index contributed by atoms with van der Waals surface area (Å²) in [4.78, 5) is 6.99. The van der Waals surface area contributed by atoms with Gasteiger partial charge in [0.2, 0.25) is 0 Å². The molecule has 1 saturated heterocycles. The Balaban J connectivity index is 1.15. The molecule has 2 aliphatic carbocycles. The number of rotatable bonds is 4. The molecular formula is C30H27Cl2N3O. The van der Waals surface area contributed by atoms with Crippen LogP contribution in [0.25, 0.3) is 27.6 Å². The molecule has 0 radical (unpaired) electrons. The third-order valence-electron chi connectivity index (χ3n) is 8.18. The predicted octanol–water partition coefficient (Wildman–Crippen LogP) is 8.46. The van der Waals surface area contributed by atoms with Gasteiger partial charge in [-0.15, -0.1) is 0 Å². The zero-order chi connectivity index (χ0) is 24.4. The highest BCUT2D eigenvalue weighted by atomic mass is 35.5. The van der Waals surface area contributed by atoms with Crippen molar-refractivity contribution in [1.82, 2.24) is 10.1 Å². The second kappa shape index (κ2) is 8.36. The highest BCUT2D eigenvalue weighted by Gasteiger charge is 2.44. The van der Waals surface area contributed by atoms with E-state index in [2.05, 4.69) is 45.4 Å². The minimum absolute atomic E-state index is 0.251. The van der Waals surface area contributed by atoms with Crippen LogP contribution in [-0.4, -0.2) is 23.2 Å². The zero-order valence-electron chi connectivity index (χ0n) is 20.2. The second-order valence-electron chi connectivity index (χ2n) is 10.7. The number of benzene rings is 2. The van der Waals surface area contributed by atoms with E-state index in [9.17, 15) is 0 Å². The van der Waals surface area contributed by atoms with E-state index >= 15 is 0 Å². The number of hydrogen-bond donors (Lipinski definition) is 0. The molecule has 36 heavy (non-hydrogen) atoms. The van der Waals surface area contributed by atoms with Crippen molar-refractivity contribution in [2.45, 2.75) is 44.9 Å². The number of aryl methyl sites for hydroxylation is 1. The molecule has 4 aromatic rings. The van der Waals surface area contributed by atoms with E-state index in [-0.39, 0.29) is 5.41 Å². The minimum atomic E-state index is 0.251. The summed E-state index contributed by atoms with van der Waals surface area (Å²) in [5.41, 5.74) is 6.65.